The van der Waals surface area contributed by atoms with E-state index in [4.69, 9.17) is 0 Å². The van der Waals surface area contributed by atoms with Crippen LogP contribution in [0.1, 0.15) is 148 Å². The Morgan fingerprint density at radius 3 is 1.43 bits per heavy atom. The van der Waals surface area contributed by atoms with Gasteiger partial charge in [-0.2, -0.15) is 0 Å². The van der Waals surface area contributed by atoms with Crippen molar-refractivity contribution in [2.45, 2.75) is 132 Å². The van der Waals surface area contributed by atoms with E-state index < -0.39 is 21.3 Å². The first-order valence-corrected chi connectivity index (χ1v) is 22.9. The van der Waals surface area contributed by atoms with E-state index in [-0.39, 0.29) is 46.5 Å². The zero-order chi connectivity index (χ0) is 37.4. The van der Waals surface area contributed by atoms with Gasteiger partial charge >= 0.3 is 321 Å². The van der Waals surface area contributed by atoms with Crippen LogP contribution in [0.5, 0.6) is 0 Å². The van der Waals surface area contributed by atoms with E-state index >= 15 is 0 Å². The molecule has 280 valence electrons. The number of hydrogen-bond donors (Lipinski definition) is 0. The molecule has 0 N–H and O–H groups in total. The van der Waals surface area contributed by atoms with Crippen molar-refractivity contribution in [2.24, 2.45) is 5.92 Å². The second-order valence-electron chi connectivity index (χ2n) is 19.6. The molecule has 0 amide bonds. The summed E-state index contributed by atoms with van der Waals surface area (Å²) in [4.78, 5) is 0. The molecule has 0 radical (unpaired) electrons. The molecule has 0 saturated heterocycles. The minimum Gasteiger partial charge on any atom is -1.00 e. The molecule has 0 nitrogen and oxygen atoms in total. The van der Waals surface area contributed by atoms with Gasteiger partial charge in [-0.1, -0.05) is 0 Å². The first kappa shape index (κ1) is 43.4. The van der Waals surface area contributed by atoms with Gasteiger partial charge in [0, 0.05) is 0 Å². The Bertz CT molecular complexity index is 2030. The maximum Gasteiger partial charge on any atom is -1.00 e. The van der Waals surface area contributed by atoms with Gasteiger partial charge in [-0.25, -0.2) is 0 Å². The molecule has 4 aromatic rings. The third kappa shape index (κ3) is 8.44. The molecule has 0 aromatic heterocycles. The average molecular weight is 825 g/mol. The minimum atomic E-state index is -3.01. The molecular weight excluding hydrogens is 763 g/mol. The predicted molar refractivity (Wildman–Crippen MR) is 221 cm³/mol. The summed E-state index contributed by atoms with van der Waals surface area (Å²) in [6.07, 6.45) is 3.57. The van der Waals surface area contributed by atoms with Gasteiger partial charge in [0.2, 0.25) is 0 Å². The summed E-state index contributed by atoms with van der Waals surface area (Å²) in [6.45, 7) is 35.6. The third-order valence-corrected chi connectivity index (χ3v) is 20.2. The van der Waals surface area contributed by atoms with Crippen molar-refractivity contribution in [2.75, 3.05) is 0 Å². The van der Waals surface area contributed by atoms with E-state index in [0.29, 0.717) is 5.92 Å². The first-order valence-electron chi connectivity index (χ1n) is 19.2. The molecule has 2 aliphatic carbocycles. The standard InChI is InChI=1S/C21H25.C21H26.C8H11.2ClH.Zr/c1-20(2,3)16-7-9-18-14(12-16)11-15-13-17(21(4,5)6)8-10-19(15)18;1-20(2,3)18-11-7-16(8-12-18)15-17-9-13-19(14-10-17)21(4,5)6;1-6-4-7(2)8(3)5-6;;;/h7-10,12H,11H2,1-6H3;7-14H,1-6H3;4,6H,1-3H3;2*1H;/q;;;;;+2/p-2. The fourth-order valence-electron chi connectivity index (χ4n) is 8.33. The quantitative estimate of drug-likeness (QED) is 0.187. The van der Waals surface area contributed by atoms with Crippen LogP contribution in [0, 0.1) is 5.92 Å². The normalized spacial score (nSPS) is 15.5. The van der Waals surface area contributed by atoms with Gasteiger partial charge in [-0.15, -0.1) is 0 Å². The zero-order valence-electron chi connectivity index (χ0n) is 35.1. The maximum absolute atomic E-state index is 3.01. The second-order valence-corrected chi connectivity index (χ2v) is 25.3. The van der Waals surface area contributed by atoms with Crippen molar-refractivity contribution in [1.82, 2.24) is 0 Å². The van der Waals surface area contributed by atoms with Gasteiger partial charge in [0.05, 0.1) is 0 Å². The smallest absolute Gasteiger partial charge is 1.00 e. The van der Waals surface area contributed by atoms with Crippen LogP contribution in [-0.2, 0) is 49.3 Å². The second kappa shape index (κ2) is 15.3. The van der Waals surface area contributed by atoms with Crippen LogP contribution >= 0.6 is 0 Å². The van der Waals surface area contributed by atoms with Gasteiger partial charge < -0.3 is 24.8 Å². The molecule has 1 unspecified atom stereocenters. The van der Waals surface area contributed by atoms with Gasteiger partial charge in [0.15, 0.2) is 0 Å². The maximum atomic E-state index is 2.55. The van der Waals surface area contributed by atoms with Crippen molar-refractivity contribution in [3.63, 3.8) is 0 Å². The Morgan fingerprint density at radius 2 is 1.02 bits per heavy atom. The van der Waals surface area contributed by atoms with Crippen molar-refractivity contribution < 1.29 is 46.1 Å². The molecule has 4 aromatic carbocycles. The molecule has 0 spiro atoms. The third-order valence-electron chi connectivity index (χ3n) is 11.5. The first-order chi connectivity index (χ1) is 23.6. The van der Waals surface area contributed by atoms with E-state index in [2.05, 4.69) is 189 Å². The number of benzene rings is 4. The molecular formula is C50H62Cl2Zr. The number of hydrogen-bond acceptors (Lipinski definition) is 0. The SMILES string of the molecule is CC1=CC(C)[C]([Zr+2](=[C](c2ccc(C(C)(C)C)cc2)c2ccc(C(C)(C)C)cc2)[c]2c(C(C)(C)C)ccc3c2Cc2cc(C(C)(C)C)ccc2-3)=C1C.[Cl-].[Cl-]. The molecule has 0 fully saturated rings. The van der Waals surface area contributed by atoms with E-state index in [1.807, 2.05) is 0 Å². The summed E-state index contributed by atoms with van der Waals surface area (Å²) >= 11 is -3.01. The monoisotopic (exact) mass is 822 g/mol. The minimum absolute atomic E-state index is 0. The Kier molecular flexibility index (Phi) is 12.6. The van der Waals surface area contributed by atoms with E-state index in [1.165, 1.54) is 55.7 Å². The fraction of sp³-hybridized carbons (Fsp3) is 0.420. The number of allylic oxidation sites excluding steroid dienone is 4. The fourth-order valence-corrected chi connectivity index (χ4v) is 18.3. The average Bonchev–Trinajstić information content (AvgIpc) is 3.52. The molecule has 6 rings (SSSR count). The predicted octanol–water partition coefficient (Wildman–Crippen LogP) is 6.84. The molecule has 0 heterocycles. The molecule has 53 heavy (non-hydrogen) atoms. The molecule has 1 atom stereocenters. The summed E-state index contributed by atoms with van der Waals surface area (Å²) in [7, 11) is 0. The van der Waals surface area contributed by atoms with Crippen LogP contribution in [0.2, 0.25) is 0 Å². The summed E-state index contributed by atoms with van der Waals surface area (Å²) < 4.78 is 5.08. The molecule has 3 heteroatoms. The Hall–Kier alpha value is -2.31. The van der Waals surface area contributed by atoms with E-state index in [1.54, 1.807) is 20.9 Å². The van der Waals surface area contributed by atoms with Crippen LogP contribution in [0.25, 0.3) is 11.1 Å². The summed E-state index contributed by atoms with van der Waals surface area (Å²) in [5.41, 5.74) is 17.9. The Morgan fingerprint density at radius 1 is 0.566 bits per heavy atom. The summed E-state index contributed by atoms with van der Waals surface area (Å²) in [6, 6.07) is 31.8. The zero-order valence-corrected chi connectivity index (χ0v) is 39.1. The molecule has 0 saturated carbocycles. The van der Waals surface area contributed by atoms with Gasteiger partial charge in [-0.3, -0.25) is 0 Å². The van der Waals surface area contributed by atoms with Crippen LogP contribution in [0.15, 0.2) is 99.4 Å². The van der Waals surface area contributed by atoms with Crippen LogP contribution < -0.4 is 28.1 Å². The Labute approximate surface area is 343 Å². The van der Waals surface area contributed by atoms with Crippen LogP contribution in [0.3, 0.4) is 0 Å². The Balaban J connectivity index is 0.00000314. The van der Waals surface area contributed by atoms with Crippen molar-refractivity contribution >= 4 is 6.48 Å². The largest absolute Gasteiger partial charge is 1.00 e. The van der Waals surface area contributed by atoms with Gasteiger partial charge in [0.1, 0.15) is 0 Å². The van der Waals surface area contributed by atoms with Crippen LogP contribution in [-0.4, -0.2) is 3.21 Å². The van der Waals surface area contributed by atoms with Gasteiger partial charge in [-0.05, 0) is 0 Å². The van der Waals surface area contributed by atoms with E-state index in [9.17, 15) is 0 Å². The molecule has 0 bridgehead atoms. The van der Waals surface area contributed by atoms with Crippen molar-refractivity contribution in [1.29, 1.82) is 0 Å². The van der Waals surface area contributed by atoms with Crippen molar-refractivity contribution in [3.05, 3.63) is 144 Å². The topological polar surface area (TPSA) is 0 Å². The van der Waals surface area contributed by atoms with Gasteiger partial charge in [0.25, 0.3) is 0 Å². The molecule has 0 aliphatic heterocycles. The van der Waals surface area contributed by atoms with Crippen LogP contribution in [0.4, 0.5) is 0 Å². The van der Waals surface area contributed by atoms with Crippen molar-refractivity contribution in [3.8, 4) is 11.1 Å². The summed E-state index contributed by atoms with van der Waals surface area (Å²) in [5, 5.41) is 0. The summed E-state index contributed by atoms with van der Waals surface area (Å²) in [5.74, 6) is 0.428. The van der Waals surface area contributed by atoms with E-state index in [0.717, 1.165) is 6.42 Å². The number of fused-ring (bicyclic) bond motifs is 3. The molecule has 2 aliphatic rings. The number of rotatable bonds is 4. The number of halogens is 2.